The van der Waals surface area contributed by atoms with Crippen LogP contribution >= 0.6 is 11.8 Å². The minimum Gasteiger partial charge on any atom is -0.478 e. The van der Waals surface area contributed by atoms with E-state index in [9.17, 15) is 9.59 Å². The number of aromatic carboxylic acids is 1. The molecule has 0 aromatic heterocycles. The normalized spacial score (nSPS) is 9.39. The summed E-state index contributed by atoms with van der Waals surface area (Å²) in [4.78, 5) is 21.7. The molecule has 1 aromatic carbocycles. The van der Waals surface area contributed by atoms with Crippen molar-refractivity contribution >= 4 is 28.5 Å². The van der Waals surface area contributed by atoms with Gasteiger partial charge in [0.25, 0.3) is 0 Å². The smallest absolute Gasteiger partial charge is 0.337 e. The van der Waals surface area contributed by atoms with Crippen LogP contribution in [0.5, 0.6) is 0 Å². The van der Waals surface area contributed by atoms with Gasteiger partial charge in [-0.25, -0.2) is 4.79 Å². The second-order valence-electron chi connectivity index (χ2n) is 3.47. The third-order valence-electron chi connectivity index (χ3n) is 2.07. The fourth-order valence-electron chi connectivity index (χ4n) is 1.28. The molecule has 94 valence electrons. The Kier molecular flexibility index (Phi) is 5.28. The van der Waals surface area contributed by atoms with Crippen LogP contribution in [0.1, 0.15) is 29.3 Å². The number of hydrogen-bond acceptors (Lipinski definition) is 4. The molecule has 18 heavy (non-hydrogen) atoms. The van der Waals surface area contributed by atoms with Crippen molar-refractivity contribution in [2.75, 3.05) is 11.5 Å². The number of rotatable bonds is 3. The van der Waals surface area contributed by atoms with Gasteiger partial charge in [0.05, 0.1) is 11.1 Å². The molecule has 0 aliphatic heterocycles. The van der Waals surface area contributed by atoms with Gasteiger partial charge in [-0.3, -0.25) is 4.79 Å². The molecule has 4 nitrogen and oxygen atoms in total. The Labute approximate surface area is 110 Å². The fourth-order valence-corrected chi connectivity index (χ4v) is 1.78. The molecule has 0 radical (unpaired) electrons. The lowest BCUT2D eigenvalue weighted by Crippen LogP contribution is -2.03. The highest BCUT2D eigenvalue weighted by Crippen LogP contribution is 2.15. The summed E-state index contributed by atoms with van der Waals surface area (Å²) >= 11 is 1.19. The SMILES string of the molecule is CC(=O)SCCC#Cc1c(N)cccc1C(=O)O. The number of hydrogen-bond donors (Lipinski definition) is 2. The van der Waals surface area contributed by atoms with Crippen LogP contribution in [0.25, 0.3) is 0 Å². The maximum Gasteiger partial charge on any atom is 0.337 e. The molecule has 0 heterocycles. The van der Waals surface area contributed by atoms with Crippen LogP contribution in [0.4, 0.5) is 5.69 Å². The molecule has 0 aliphatic carbocycles. The molecular weight excluding hydrogens is 250 g/mol. The average Bonchev–Trinajstić information content (AvgIpc) is 2.29. The zero-order chi connectivity index (χ0) is 13.5. The van der Waals surface area contributed by atoms with E-state index >= 15 is 0 Å². The Morgan fingerprint density at radius 1 is 1.44 bits per heavy atom. The Morgan fingerprint density at radius 2 is 2.17 bits per heavy atom. The molecule has 1 aromatic rings. The Balaban J connectivity index is 2.81. The predicted molar refractivity (Wildman–Crippen MR) is 72.4 cm³/mol. The third kappa shape index (κ3) is 4.15. The van der Waals surface area contributed by atoms with E-state index in [0.29, 0.717) is 23.4 Å². The number of nitrogen functional groups attached to an aromatic ring is 1. The maximum absolute atomic E-state index is 11.0. The first-order chi connectivity index (χ1) is 8.52. The summed E-state index contributed by atoms with van der Waals surface area (Å²) in [5.41, 5.74) is 6.48. The lowest BCUT2D eigenvalue weighted by molar-refractivity contribution is -0.109. The zero-order valence-corrected chi connectivity index (χ0v) is 10.7. The molecule has 0 saturated heterocycles. The molecule has 0 saturated carbocycles. The Morgan fingerprint density at radius 3 is 2.78 bits per heavy atom. The molecule has 1 rings (SSSR count). The summed E-state index contributed by atoms with van der Waals surface area (Å²) in [6, 6.07) is 4.66. The van der Waals surface area contributed by atoms with Crippen LogP contribution in [0.3, 0.4) is 0 Å². The van der Waals surface area contributed by atoms with Gasteiger partial charge in [0.1, 0.15) is 0 Å². The molecular formula is C13H13NO3S. The highest BCUT2D eigenvalue weighted by Gasteiger charge is 2.09. The molecule has 5 heteroatoms. The fraction of sp³-hybridized carbons (Fsp3) is 0.231. The number of carboxylic acid groups (broad SMARTS) is 1. The first-order valence-electron chi connectivity index (χ1n) is 5.26. The van der Waals surface area contributed by atoms with Gasteiger partial charge in [0.2, 0.25) is 0 Å². The largest absolute Gasteiger partial charge is 0.478 e. The average molecular weight is 263 g/mol. The van der Waals surface area contributed by atoms with Crippen molar-refractivity contribution < 1.29 is 14.7 Å². The second kappa shape index (κ2) is 6.72. The van der Waals surface area contributed by atoms with Gasteiger partial charge in [0.15, 0.2) is 5.12 Å². The number of carbonyl (C=O) groups excluding carboxylic acids is 1. The lowest BCUT2D eigenvalue weighted by Gasteiger charge is -2.02. The Hall–Kier alpha value is -1.93. The van der Waals surface area contributed by atoms with Crippen LogP contribution < -0.4 is 5.73 Å². The molecule has 0 unspecified atom stereocenters. The van der Waals surface area contributed by atoms with Gasteiger partial charge in [-0.2, -0.15) is 0 Å². The van der Waals surface area contributed by atoms with Gasteiger partial charge in [-0.15, -0.1) is 0 Å². The van der Waals surface area contributed by atoms with Crippen molar-refractivity contribution in [3.63, 3.8) is 0 Å². The van der Waals surface area contributed by atoms with Crippen molar-refractivity contribution in [3.05, 3.63) is 29.3 Å². The predicted octanol–water partition coefficient (Wildman–Crippen LogP) is 1.99. The summed E-state index contributed by atoms with van der Waals surface area (Å²) < 4.78 is 0. The second-order valence-corrected chi connectivity index (χ2v) is 4.74. The Bertz CT molecular complexity index is 529. The quantitative estimate of drug-likeness (QED) is 0.495. The minimum atomic E-state index is -1.05. The van der Waals surface area contributed by atoms with Crippen LogP contribution in [-0.2, 0) is 4.79 Å². The molecule has 0 fully saturated rings. The van der Waals surface area contributed by atoms with Crippen LogP contribution in [0.15, 0.2) is 18.2 Å². The van der Waals surface area contributed by atoms with E-state index in [-0.39, 0.29) is 10.7 Å². The van der Waals surface area contributed by atoms with Gasteiger partial charge in [-0.1, -0.05) is 29.7 Å². The van der Waals surface area contributed by atoms with Crippen LogP contribution in [0, 0.1) is 11.8 Å². The number of nitrogens with two attached hydrogens (primary N) is 1. The highest BCUT2D eigenvalue weighted by molar-refractivity contribution is 8.13. The lowest BCUT2D eigenvalue weighted by atomic mass is 10.1. The van der Waals surface area contributed by atoms with Gasteiger partial charge in [-0.05, 0) is 12.1 Å². The van der Waals surface area contributed by atoms with E-state index in [1.165, 1.54) is 24.8 Å². The summed E-state index contributed by atoms with van der Waals surface area (Å²) in [7, 11) is 0. The summed E-state index contributed by atoms with van der Waals surface area (Å²) in [6.45, 7) is 1.50. The van der Waals surface area contributed by atoms with E-state index in [1.54, 1.807) is 12.1 Å². The van der Waals surface area contributed by atoms with Gasteiger partial charge in [0, 0.05) is 24.8 Å². The number of carbonyl (C=O) groups is 2. The highest BCUT2D eigenvalue weighted by atomic mass is 32.2. The summed E-state index contributed by atoms with van der Waals surface area (Å²) in [5.74, 6) is 5.13. The third-order valence-corrected chi connectivity index (χ3v) is 2.89. The van der Waals surface area contributed by atoms with Crippen molar-refractivity contribution in [1.82, 2.24) is 0 Å². The topological polar surface area (TPSA) is 80.4 Å². The first-order valence-corrected chi connectivity index (χ1v) is 6.25. The number of anilines is 1. The van der Waals surface area contributed by atoms with Crippen molar-refractivity contribution in [2.45, 2.75) is 13.3 Å². The standard InChI is InChI=1S/C13H13NO3S/c1-9(15)18-8-3-2-5-10-11(13(16)17)6-4-7-12(10)14/h4,6-7H,3,8,14H2,1H3,(H,16,17). The van der Waals surface area contributed by atoms with Crippen molar-refractivity contribution in [2.24, 2.45) is 0 Å². The molecule has 0 amide bonds. The van der Waals surface area contributed by atoms with E-state index in [1.807, 2.05) is 0 Å². The summed E-state index contributed by atoms with van der Waals surface area (Å²) in [5, 5.41) is 9.04. The first kappa shape index (κ1) is 14.1. The van der Waals surface area contributed by atoms with Crippen molar-refractivity contribution in [3.8, 4) is 11.8 Å². The molecule has 0 aliphatic rings. The number of benzene rings is 1. The molecule has 3 N–H and O–H groups in total. The minimum absolute atomic E-state index is 0.0438. The van der Waals surface area contributed by atoms with E-state index in [0.717, 1.165) is 0 Å². The van der Waals surface area contributed by atoms with E-state index < -0.39 is 5.97 Å². The van der Waals surface area contributed by atoms with Crippen LogP contribution in [0.2, 0.25) is 0 Å². The monoisotopic (exact) mass is 263 g/mol. The number of carboxylic acids is 1. The maximum atomic E-state index is 11.0. The van der Waals surface area contributed by atoms with Gasteiger partial charge < -0.3 is 10.8 Å². The molecule has 0 atom stereocenters. The zero-order valence-electron chi connectivity index (χ0n) is 9.90. The van der Waals surface area contributed by atoms with E-state index in [2.05, 4.69) is 11.8 Å². The molecule has 0 spiro atoms. The van der Waals surface area contributed by atoms with Crippen LogP contribution in [-0.4, -0.2) is 21.9 Å². The molecule has 0 bridgehead atoms. The van der Waals surface area contributed by atoms with Gasteiger partial charge >= 0.3 is 5.97 Å². The number of thioether (sulfide) groups is 1. The van der Waals surface area contributed by atoms with Crippen molar-refractivity contribution in [1.29, 1.82) is 0 Å². The summed E-state index contributed by atoms with van der Waals surface area (Å²) in [6.07, 6.45) is 0.512. The van der Waals surface area contributed by atoms with E-state index in [4.69, 9.17) is 10.8 Å².